The van der Waals surface area contributed by atoms with Crippen LogP contribution >= 0.6 is 0 Å². The first kappa shape index (κ1) is 16.6. The van der Waals surface area contributed by atoms with E-state index in [1.54, 1.807) is 0 Å². The molecule has 0 bridgehead atoms. The Morgan fingerprint density at radius 3 is 2.31 bits per heavy atom. The van der Waals surface area contributed by atoms with Gasteiger partial charge in [-0.2, -0.15) is 0 Å². The van der Waals surface area contributed by atoms with E-state index in [2.05, 4.69) is 0 Å². The minimum Gasteiger partial charge on any atom is -0.481 e. The number of aliphatic carboxylic acids is 1. The quantitative estimate of drug-likeness (QED) is 0.725. The molecule has 0 atom stereocenters. The standard InChI is InChI=1S/C22H20O4/c23-20(10-9-18-11-15-5-3-4-8-19(15)26-18)22(14-21(24)25)12-16-6-1-2-7-17(16)13-22/h1-8,11H,9-10,12-14H2,(H,24,25). The Labute approximate surface area is 151 Å². The molecule has 4 rings (SSSR count). The van der Waals surface area contributed by atoms with Crippen molar-refractivity contribution in [2.24, 2.45) is 5.41 Å². The van der Waals surface area contributed by atoms with E-state index in [9.17, 15) is 14.7 Å². The lowest BCUT2D eigenvalue weighted by Crippen LogP contribution is -2.35. The Morgan fingerprint density at radius 1 is 1.00 bits per heavy atom. The molecule has 1 heterocycles. The van der Waals surface area contributed by atoms with E-state index in [0.29, 0.717) is 25.7 Å². The molecular weight excluding hydrogens is 328 g/mol. The van der Waals surface area contributed by atoms with Crippen LogP contribution in [0, 0.1) is 5.41 Å². The van der Waals surface area contributed by atoms with Crippen LogP contribution in [0.5, 0.6) is 0 Å². The molecule has 2 aromatic carbocycles. The van der Waals surface area contributed by atoms with E-state index in [-0.39, 0.29) is 12.2 Å². The van der Waals surface area contributed by atoms with Crippen molar-refractivity contribution in [3.05, 3.63) is 71.5 Å². The summed E-state index contributed by atoms with van der Waals surface area (Å²) in [5.41, 5.74) is 2.15. The fourth-order valence-corrected chi connectivity index (χ4v) is 4.07. The number of carbonyl (C=O) groups excluding carboxylic acids is 1. The van der Waals surface area contributed by atoms with Gasteiger partial charge in [0.15, 0.2) is 0 Å². The first-order valence-electron chi connectivity index (χ1n) is 8.85. The highest BCUT2D eigenvalue weighted by Crippen LogP contribution is 2.41. The molecule has 0 unspecified atom stereocenters. The second kappa shape index (κ2) is 6.45. The van der Waals surface area contributed by atoms with Crippen molar-refractivity contribution in [2.45, 2.75) is 32.1 Å². The third-order valence-corrected chi connectivity index (χ3v) is 5.33. The van der Waals surface area contributed by atoms with Crippen LogP contribution in [0.3, 0.4) is 0 Å². The van der Waals surface area contributed by atoms with Gasteiger partial charge in [-0.25, -0.2) is 0 Å². The zero-order valence-electron chi connectivity index (χ0n) is 14.4. The molecule has 0 amide bonds. The van der Waals surface area contributed by atoms with E-state index in [1.165, 1.54) is 0 Å². The molecule has 1 aliphatic rings. The fraction of sp³-hybridized carbons (Fsp3) is 0.273. The van der Waals surface area contributed by atoms with Crippen molar-refractivity contribution in [1.82, 2.24) is 0 Å². The third kappa shape index (κ3) is 3.03. The summed E-state index contributed by atoms with van der Waals surface area (Å²) in [7, 11) is 0. The van der Waals surface area contributed by atoms with Crippen LogP contribution in [-0.4, -0.2) is 16.9 Å². The monoisotopic (exact) mass is 348 g/mol. The highest BCUT2D eigenvalue weighted by molar-refractivity contribution is 5.90. The van der Waals surface area contributed by atoms with Gasteiger partial charge in [0.2, 0.25) is 0 Å². The normalized spacial score (nSPS) is 15.1. The van der Waals surface area contributed by atoms with Crippen molar-refractivity contribution < 1.29 is 19.1 Å². The number of furan rings is 1. The Hall–Kier alpha value is -2.88. The molecular formula is C22H20O4. The van der Waals surface area contributed by atoms with Crippen LogP contribution in [0.15, 0.2) is 59.0 Å². The molecule has 26 heavy (non-hydrogen) atoms. The summed E-state index contributed by atoms with van der Waals surface area (Å²) in [6, 6.07) is 17.6. The Balaban J connectivity index is 1.53. The topological polar surface area (TPSA) is 67.5 Å². The third-order valence-electron chi connectivity index (χ3n) is 5.33. The molecule has 0 radical (unpaired) electrons. The minimum atomic E-state index is -0.921. The average molecular weight is 348 g/mol. The molecule has 0 aliphatic heterocycles. The molecule has 132 valence electrons. The van der Waals surface area contributed by atoms with Gasteiger partial charge in [-0.05, 0) is 36.1 Å². The van der Waals surface area contributed by atoms with Crippen molar-refractivity contribution in [2.75, 3.05) is 0 Å². The number of benzene rings is 2. The Morgan fingerprint density at radius 2 is 1.65 bits per heavy atom. The zero-order chi connectivity index (χ0) is 18.1. The number of fused-ring (bicyclic) bond motifs is 2. The predicted molar refractivity (Wildman–Crippen MR) is 98.1 cm³/mol. The molecule has 0 fully saturated rings. The van der Waals surface area contributed by atoms with Crippen LogP contribution in [0.2, 0.25) is 0 Å². The van der Waals surface area contributed by atoms with E-state index in [0.717, 1.165) is 27.9 Å². The number of aryl methyl sites for hydroxylation is 1. The number of rotatable bonds is 6. The molecule has 1 aliphatic carbocycles. The SMILES string of the molecule is O=C(O)CC1(C(=O)CCc2cc3ccccc3o2)Cc2ccccc2C1. The number of carboxylic acid groups (broad SMARTS) is 1. The van der Waals surface area contributed by atoms with Crippen LogP contribution < -0.4 is 0 Å². The number of carbonyl (C=O) groups is 2. The van der Waals surface area contributed by atoms with Crippen LogP contribution in [-0.2, 0) is 28.9 Å². The smallest absolute Gasteiger partial charge is 0.304 e. The Bertz CT molecular complexity index is 924. The van der Waals surface area contributed by atoms with Gasteiger partial charge >= 0.3 is 5.97 Å². The molecule has 4 heteroatoms. The van der Waals surface area contributed by atoms with E-state index >= 15 is 0 Å². The van der Waals surface area contributed by atoms with Crippen LogP contribution in [0.4, 0.5) is 0 Å². The van der Waals surface area contributed by atoms with E-state index in [1.807, 2.05) is 54.6 Å². The van der Waals surface area contributed by atoms with Gasteiger partial charge < -0.3 is 9.52 Å². The first-order valence-corrected chi connectivity index (χ1v) is 8.85. The number of carboxylic acids is 1. The minimum absolute atomic E-state index is 0.0107. The van der Waals surface area contributed by atoms with Gasteiger partial charge in [-0.15, -0.1) is 0 Å². The summed E-state index contributed by atoms with van der Waals surface area (Å²) < 4.78 is 5.79. The number of hydrogen-bond acceptors (Lipinski definition) is 3. The van der Waals surface area contributed by atoms with Crippen molar-refractivity contribution >= 4 is 22.7 Å². The lowest BCUT2D eigenvalue weighted by Gasteiger charge is -2.25. The number of hydrogen-bond donors (Lipinski definition) is 1. The maximum Gasteiger partial charge on any atom is 0.304 e. The van der Waals surface area contributed by atoms with Crippen molar-refractivity contribution in [3.8, 4) is 0 Å². The van der Waals surface area contributed by atoms with Gasteiger partial charge in [0, 0.05) is 23.6 Å². The van der Waals surface area contributed by atoms with Crippen molar-refractivity contribution in [1.29, 1.82) is 0 Å². The second-order valence-corrected chi connectivity index (χ2v) is 7.15. The van der Waals surface area contributed by atoms with Gasteiger partial charge in [0.25, 0.3) is 0 Å². The highest BCUT2D eigenvalue weighted by Gasteiger charge is 2.44. The lowest BCUT2D eigenvalue weighted by atomic mass is 9.75. The largest absolute Gasteiger partial charge is 0.481 e. The maximum absolute atomic E-state index is 13.1. The van der Waals surface area contributed by atoms with Gasteiger partial charge in [-0.1, -0.05) is 42.5 Å². The maximum atomic E-state index is 13.1. The molecule has 0 saturated heterocycles. The number of ketones is 1. The van der Waals surface area contributed by atoms with Gasteiger partial charge in [-0.3, -0.25) is 9.59 Å². The van der Waals surface area contributed by atoms with E-state index in [4.69, 9.17) is 4.42 Å². The summed E-state index contributed by atoms with van der Waals surface area (Å²) in [6.45, 7) is 0. The predicted octanol–water partition coefficient (Wildman–Crippen LogP) is 4.19. The summed E-state index contributed by atoms with van der Waals surface area (Å²) in [5, 5.41) is 10.4. The average Bonchev–Trinajstić information content (AvgIpc) is 3.19. The summed E-state index contributed by atoms with van der Waals surface area (Å²) in [5.74, 6) is -0.146. The van der Waals surface area contributed by atoms with E-state index < -0.39 is 11.4 Å². The summed E-state index contributed by atoms with van der Waals surface area (Å²) in [6.07, 6.45) is 1.68. The summed E-state index contributed by atoms with van der Waals surface area (Å²) in [4.78, 5) is 24.5. The lowest BCUT2D eigenvalue weighted by molar-refractivity contribution is -0.144. The number of Topliss-reactive ketones (excluding diaryl/α,β-unsaturated/α-hetero) is 1. The first-order chi connectivity index (χ1) is 12.6. The van der Waals surface area contributed by atoms with Gasteiger partial charge in [0.05, 0.1) is 6.42 Å². The molecule has 1 aromatic heterocycles. The Kier molecular flexibility index (Phi) is 4.11. The fourth-order valence-electron chi connectivity index (χ4n) is 4.07. The molecule has 4 nitrogen and oxygen atoms in total. The molecule has 1 N–H and O–H groups in total. The molecule has 3 aromatic rings. The molecule has 0 saturated carbocycles. The van der Waals surface area contributed by atoms with Crippen LogP contribution in [0.25, 0.3) is 11.0 Å². The number of para-hydroxylation sites is 1. The van der Waals surface area contributed by atoms with Gasteiger partial charge in [0.1, 0.15) is 17.1 Å². The van der Waals surface area contributed by atoms with Crippen molar-refractivity contribution in [3.63, 3.8) is 0 Å². The van der Waals surface area contributed by atoms with Crippen LogP contribution in [0.1, 0.15) is 29.7 Å². The second-order valence-electron chi connectivity index (χ2n) is 7.15. The zero-order valence-corrected chi connectivity index (χ0v) is 14.4. The molecule has 0 spiro atoms. The highest BCUT2D eigenvalue weighted by atomic mass is 16.4. The summed E-state index contributed by atoms with van der Waals surface area (Å²) >= 11 is 0.